The quantitative estimate of drug-likeness (QED) is 0.408. The Hall–Kier alpha value is -0.890. The number of alkyl halides is 1. The summed E-state index contributed by atoms with van der Waals surface area (Å²) in [5, 5.41) is 6.80. The van der Waals surface area contributed by atoms with E-state index in [-0.39, 0.29) is 5.17 Å². The van der Waals surface area contributed by atoms with Crippen molar-refractivity contribution < 1.29 is 4.39 Å². The average molecular weight is 202 g/mol. The van der Waals surface area contributed by atoms with Crippen LogP contribution in [0.1, 0.15) is 13.8 Å². The van der Waals surface area contributed by atoms with E-state index in [9.17, 15) is 4.39 Å². The molecule has 0 heterocycles. The molecule has 0 aliphatic heterocycles. The van der Waals surface area contributed by atoms with Gasteiger partial charge < -0.3 is 0 Å². The molecule has 0 spiro atoms. The second kappa shape index (κ2) is 4.97. The van der Waals surface area contributed by atoms with E-state index >= 15 is 0 Å². The van der Waals surface area contributed by atoms with E-state index in [2.05, 4.69) is 6.58 Å². The van der Waals surface area contributed by atoms with Crippen LogP contribution in [0.5, 0.6) is 0 Å². The summed E-state index contributed by atoms with van der Waals surface area (Å²) in [4.78, 5) is 0. The minimum atomic E-state index is -1.57. The number of hydrogen-bond donors (Lipinski definition) is 1. The van der Waals surface area contributed by atoms with Gasteiger partial charge in [0.25, 0.3) is 0 Å². The van der Waals surface area contributed by atoms with E-state index in [1.807, 2.05) is 0 Å². The number of halogens is 2. The predicted octanol–water partition coefficient (Wildman–Crippen LogP) is 3.62. The number of rotatable bonds is 4. The highest BCUT2D eigenvalue weighted by Gasteiger charge is 2.21. The smallest absolute Gasteiger partial charge is 0.150 e. The monoisotopic (exact) mass is 201 g/mol. The molecule has 1 nitrogen and oxygen atoms in total. The lowest BCUT2D eigenvalue weighted by Crippen LogP contribution is -2.15. The summed E-state index contributed by atoms with van der Waals surface area (Å²) >= 11 is 5.29. The van der Waals surface area contributed by atoms with Crippen LogP contribution in [-0.2, 0) is 0 Å². The van der Waals surface area contributed by atoms with Gasteiger partial charge in [0.15, 0.2) is 5.67 Å². The summed E-state index contributed by atoms with van der Waals surface area (Å²) in [5.41, 5.74) is -1.13. The Kier molecular flexibility index (Phi) is 4.63. The van der Waals surface area contributed by atoms with E-state index in [1.165, 1.54) is 25.2 Å². The maximum absolute atomic E-state index is 13.6. The highest BCUT2D eigenvalue weighted by Crippen LogP contribution is 2.23. The molecule has 0 rings (SSSR count). The summed E-state index contributed by atoms with van der Waals surface area (Å²) in [6.45, 7) is 6.51. The van der Waals surface area contributed by atoms with Crippen LogP contribution in [0.4, 0.5) is 4.39 Å². The van der Waals surface area contributed by atoms with Crippen LogP contribution in [0.3, 0.4) is 0 Å². The SMILES string of the molecule is C=CC(C)(F)C(/C=C\C(=N)Cl)=C/C. The standard InChI is InChI=1S/C10H13ClFN/c1-4-8(6-7-9(11)13)10(3,12)5-2/h4-7,13H,2H2,1,3H3/b7-6-,8-4+,13-9?. The van der Waals surface area contributed by atoms with Crippen LogP contribution in [0, 0.1) is 5.41 Å². The van der Waals surface area contributed by atoms with Gasteiger partial charge in [-0.3, -0.25) is 5.41 Å². The molecule has 1 atom stereocenters. The largest absolute Gasteiger partial charge is 0.289 e. The first-order valence-electron chi connectivity index (χ1n) is 3.85. The number of nitrogens with one attached hydrogen (secondary N) is 1. The van der Waals surface area contributed by atoms with Gasteiger partial charge in [0, 0.05) is 0 Å². The Bertz CT molecular complexity index is 264. The summed E-state index contributed by atoms with van der Waals surface area (Å²) in [5.74, 6) is 0. The second-order valence-electron chi connectivity index (χ2n) is 2.71. The van der Waals surface area contributed by atoms with E-state index < -0.39 is 5.67 Å². The molecule has 0 saturated carbocycles. The molecule has 1 N–H and O–H groups in total. The van der Waals surface area contributed by atoms with E-state index in [0.29, 0.717) is 5.57 Å². The van der Waals surface area contributed by atoms with Crippen molar-refractivity contribution in [3.8, 4) is 0 Å². The van der Waals surface area contributed by atoms with Crippen molar-refractivity contribution in [2.24, 2.45) is 0 Å². The van der Waals surface area contributed by atoms with Crippen molar-refractivity contribution in [1.82, 2.24) is 0 Å². The molecule has 3 heteroatoms. The zero-order valence-electron chi connectivity index (χ0n) is 7.77. The Labute approximate surface area is 83.1 Å². The third-order valence-electron chi connectivity index (χ3n) is 1.67. The molecule has 0 aromatic rings. The topological polar surface area (TPSA) is 23.9 Å². The minimum Gasteiger partial charge on any atom is -0.289 e. The average Bonchev–Trinajstić information content (AvgIpc) is 2.04. The van der Waals surface area contributed by atoms with Crippen LogP contribution < -0.4 is 0 Å². The van der Waals surface area contributed by atoms with Gasteiger partial charge in [0.05, 0.1) is 0 Å². The molecule has 0 bridgehead atoms. The highest BCUT2D eigenvalue weighted by molar-refractivity contribution is 6.67. The summed E-state index contributed by atoms with van der Waals surface area (Å²) in [7, 11) is 0. The molecular formula is C10H13ClFN. The molecule has 0 saturated heterocycles. The molecular weight excluding hydrogens is 189 g/mol. The molecule has 0 radical (unpaired) electrons. The minimum absolute atomic E-state index is 0.126. The Balaban J connectivity index is 4.75. The summed E-state index contributed by atoms with van der Waals surface area (Å²) in [6.07, 6.45) is 5.64. The van der Waals surface area contributed by atoms with Crippen molar-refractivity contribution in [3.05, 3.63) is 36.5 Å². The van der Waals surface area contributed by atoms with Crippen LogP contribution in [0.15, 0.2) is 36.5 Å². The molecule has 0 aromatic heterocycles. The highest BCUT2D eigenvalue weighted by atomic mass is 35.5. The number of allylic oxidation sites excluding steroid dienone is 5. The van der Waals surface area contributed by atoms with E-state index in [1.54, 1.807) is 13.0 Å². The molecule has 13 heavy (non-hydrogen) atoms. The molecule has 0 aliphatic carbocycles. The van der Waals surface area contributed by atoms with Gasteiger partial charge in [-0.1, -0.05) is 36.4 Å². The zero-order chi connectivity index (χ0) is 10.5. The number of hydrogen-bond acceptors (Lipinski definition) is 1. The molecule has 0 aliphatic rings. The van der Waals surface area contributed by atoms with Gasteiger partial charge >= 0.3 is 0 Å². The Morgan fingerprint density at radius 3 is 2.38 bits per heavy atom. The Morgan fingerprint density at radius 2 is 2.08 bits per heavy atom. The van der Waals surface area contributed by atoms with Crippen molar-refractivity contribution >= 4 is 16.8 Å². The van der Waals surface area contributed by atoms with Gasteiger partial charge in [-0.2, -0.15) is 0 Å². The summed E-state index contributed by atoms with van der Waals surface area (Å²) < 4.78 is 13.6. The van der Waals surface area contributed by atoms with Crippen molar-refractivity contribution in [2.45, 2.75) is 19.5 Å². The molecule has 1 unspecified atom stereocenters. The molecule has 72 valence electrons. The van der Waals surface area contributed by atoms with E-state index in [0.717, 1.165) is 0 Å². The third kappa shape index (κ3) is 4.04. The Morgan fingerprint density at radius 1 is 1.54 bits per heavy atom. The molecule has 0 fully saturated rings. The predicted molar refractivity (Wildman–Crippen MR) is 56.2 cm³/mol. The fourth-order valence-electron chi connectivity index (χ4n) is 0.822. The first kappa shape index (κ1) is 12.1. The van der Waals surface area contributed by atoms with Gasteiger partial charge in [0.2, 0.25) is 0 Å². The lowest BCUT2D eigenvalue weighted by molar-refractivity contribution is 0.315. The first-order chi connectivity index (χ1) is 5.94. The van der Waals surface area contributed by atoms with Crippen molar-refractivity contribution in [3.63, 3.8) is 0 Å². The van der Waals surface area contributed by atoms with Gasteiger partial charge in [-0.15, -0.1) is 0 Å². The maximum Gasteiger partial charge on any atom is 0.150 e. The third-order valence-corrected chi connectivity index (χ3v) is 1.79. The zero-order valence-corrected chi connectivity index (χ0v) is 8.53. The van der Waals surface area contributed by atoms with Crippen LogP contribution >= 0.6 is 11.6 Å². The fraction of sp³-hybridized carbons (Fsp3) is 0.300. The van der Waals surface area contributed by atoms with Gasteiger partial charge in [-0.25, -0.2) is 4.39 Å². The van der Waals surface area contributed by atoms with Gasteiger partial charge in [0.1, 0.15) is 5.17 Å². The van der Waals surface area contributed by atoms with Crippen LogP contribution in [0.25, 0.3) is 0 Å². The molecule has 0 amide bonds. The maximum atomic E-state index is 13.6. The fourth-order valence-corrected chi connectivity index (χ4v) is 0.885. The normalized spacial score (nSPS) is 17.1. The van der Waals surface area contributed by atoms with Crippen molar-refractivity contribution in [2.75, 3.05) is 0 Å². The first-order valence-corrected chi connectivity index (χ1v) is 4.23. The molecule has 0 aromatic carbocycles. The second-order valence-corrected chi connectivity index (χ2v) is 3.11. The lowest BCUT2D eigenvalue weighted by Gasteiger charge is -2.16. The summed E-state index contributed by atoms with van der Waals surface area (Å²) in [6, 6.07) is 0. The lowest BCUT2D eigenvalue weighted by atomic mass is 9.97. The van der Waals surface area contributed by atoms with Crippen LogP contribution in [0.2, 0.25) is 0 Å². The van der Waals surface area contributed by atoms with Crippen LogP contribution in [-0.4, -0.2) is 10.8 Å². The van der Waals surface area contributed by atoms with Crippen molar-refractivity contribution in [1.29, 1.82) is 5.41 Å². The van der Waals surface area contributed by atoms with Gasteiger partial charge in [-0.05, 0) is 25.5 Å². The van der Waals surface area contributed by atoms with E-state index in [4.69, 9.17) is 17.0 Å².